The van der Waals surface area contributed by atoms with Gasteiger partial charge in [0.2, 0.25) is 6.79 Å². The van der Waals surface area contributed by atoms with Crippen LogP contribution in [-0.2, 0) is 11.3 Å². The van der Waals surface area contributed by atoms with Crippen LogP contribution in [-0.4, -0.2) is 17.7 Å². The summed E-state index contributed by atoms with van der Waals surface area (Å²) < 4.78 is 16.2. The molecule has 23 heavy (non-hydrogen) atoms. The number of ether oxygens (including phenoxy) is 3. The first kappa shape index (κ1) is 15.3. The molecule has 0 amide bonds. The molecule has 7 nitrogen and oxygen atoms in total. The van der Waals surface area contributed by atoms with Gasteiger partial charge in [-0.1, -0.05) is 28.1 Å². The lowest BCUT2D eigenvalue weighted by Crippen LogP contribution is -2.08. The van der Waals surface area contributed by atoms with Crippen LogP contribution < -0.4 is 9.47 Å². The maximum absolute atomic E-state index is 12.2. The summed E-state index contributed by atoms with van der Waals surface area (Å²) in [5, 5.41) is 11.1. The first-order chi connectivity index (χ1) is 11.0. The second kappa shape index (κ2) is 6.25. The van der Waals surface area contributed by atoms with Crippen LogP contribution in [0.3, 0.4) is 0 Å². The van der Waals surface area contributed by atoms with Gasteiger partial charge in [0.15, 0.2) is 11.5 Å². The molecule has 0 unspecified atom stereocenters. The molecule has 118 valence electrons. The number of hydrogen-bond acceptors (Lipinski definition) is 6. The summed E-state index contributed by atoms with van der Waals surface area (Å²) in [5.74, 6) is -0.278. The Morgan fingerprint density at radius 1 is 1.26 bits per heavy atom. The van der Waals surface area contributed by atoms with Gasteiger partial charge in [0.25, 0.3) is 5.69 Å². The summed E-state index contributed by atoms with van der Waals surface area (Å²) in [4.78, 5) is 22.7. The van der Waals surface area contributed by atoms with E-state index < -0.39 is 10.9 Å². The summed E-state index contributed by atoms with van der Waals surface area (Å²) in [7, 11) is 0. The topological polar surface area (TPSA) is 87.9 Å². The summed E-state index contributed by atoms with van der Waals surface area (Å²) in [6.07, 6.45) is 0. The number of nitrogens with zero attached hydrogens (tertiary/aromatic N) is 1. The van der Waals surface area contributed by atoms with Crippen molar-refractivity contribution in [3.05, 3.63) is 62.1 Å². The van der Waals surface area contributed by atoms with E-state index in [1.54, 1.807) is 18.2 Å². The van der Waals surface area contributed by atoms with Crippen molar-refractivity contribution in [3.8, 4) is 11.5 Å². The van der Waals surface area contributed by atoms with Crippen molar-refractivity contribution in [1.82, 2.24) is 0 Å². The van der Waals surface area contributed by atoms with Crippen LogP contribution in [0.2, 0.25) is 0 Å². The lowest BCUT2D eigenvalue weighted by molar-refractivity contribution is -0.385. The van der Waals surface area contributed by atoms with Gasteiger partial charge in [-0.05, 0) is 17.7 Å². The van der Waals surface area contributed by atoms with E-state index in [2.05, 4.69) is 15.9 Å². The summed E-state index contributed by atoms with van der Waals surface area (Å²) in [6, 6.07) is 9.65. The highest BCUT2D eigenvalue weighted by Crippen LogP contribution is 2.38. The van der Waals surface area contributed by atoms with Gasteiger partial charge >= 0.3 is 5.97 Å². The summed E-state index contributed by atoms with van der Waals surface area (Å²) in [6.45, 7) is -0.0348. The number of benzene rings is 2. The zero-order valence-electron chi connectivity index (χ0n) is 11.7. The van der Waals surface area contributed by atoms with E-state index in [9.17, 15) is 14.9 Å². The highest BCUT2D eigenvalue weighted by molar-refractivity contribution is 9.10. The zero-order chi connectivity index (χ0) is 16.4. The van der Waals surface area contributed by atoms with Crippen LogP contribution in [0.4, 0.5) is 5.69 Å². The van der Waals surface area contributed by atoms with Crippen LogP contribution in [0, 0.1) is 10.1 Å². The Kier molecular flexibility index (Phi) is 4.16. The molecule has 0 radical (unpaired) electrons. The fourth-order valence-corrected chi connectivity index (χ4v) is 2.55. The van der Waals surface area contributed by atoms with Gasteiger partial charge in [0, 0.05) is 10.5 Å². The van der Waals surface area contributed by atoms with Gasteiger partial charge in [-0.2, -0.15) is 0 Å². The molecule has 1 aliphatic heterocycles. The summed E-state index contributed by atoms with van der Waals surface area (Å²) >= 11 is 3.32. The van der Waals surface area contributed by atoms with Crippen molar-refractivity contribution in [2.45, 2.75) is 6.61 Å². The minimum atomic E-state index is -0.796. The average molecular weight is 380 g/mol. The first-order valence-corrected chi connectivity index (χ1v) is 7.33. The second-order valence-electron chi connectivity index (χ2n) is 4.69. The van der Waals surface area contributed by atoms with Crippen molar-refractivity contribution in [2.75, 3.05) is 6.79 Å². The molecule has 0 bridgehead atoms. The van der Waals surface area contributed by atoms with Crippen molar-refractivity contribution in [2.24, 2.45) is 0 Å². The van der Waals surface area contributed by atoms with Crippen molar-refractivity contribution < 1.29 is 23.9 Å². The normalized spacial score (nSPS) is 12.0. The van der Waals surface area contributed by atoms with Crippen LogP contribution in [0.25, 0.3) is 0 Å². The molecular weight excluding hydrogens is 370 g/mol. The molecule has 0 atom stereocenters. The Morgan fingerprint density at radius 2 is 2.00 bits per heavy atom. The number of nitro groups is 1. The average Bonchev–Trinajstić information content (AvgIpc) is 2.98. The largest absolute Gasteiger partial charge is 0.457 e. The molecular formula is C15H10BrNO6. The number of carbonyl (C=O) groups excluding carboxylic acids is 1. The Hall–Kier alpha value is -2.61. The molecule has 1 aliphatic rings. The third kappa shape index (κ3) is 3.26. The Bertz CT molecular complexity index is 792. The van der Waals surface area contributed by atoms with Gasteiger partial charge in [0.1, 0.15) is 12.2 Å². The predicted octanol–water partition coefficient (Wildman–Crippen LogP) is 3.44. The van der Waals surface area contributed by atoms with Crippen LogP contribution in [0.15, 0.2) is 40.9 Å². The minimum absolute atomic E-state index is 0.00384. The van der Waals surface area contributed by atoms with Gasteiger partial charge in [-0.25, -0.2) is 4.79 Å². The molecule has 0 aliphatic carbocycles. The number of hydrogen-bond donors (Lipinski definition) is 0. The van der Waals surface area contributed by atoms with E-state index >= 15 is 0 Å². The third-order valence-electron chi connectivity index (χ3n) is 3.17. The smallest absolute Gasteiger partial charge is 0.345 e. The maximum atomic E-state index is 12.2. The van der Waals surface area contributed by atoms with Crippen molar-refractivity contribution >= 4 is 27.6 Å². The number of nitro benzene ring substituents is 1. The van der Waals surface area contributed by atoms with Crippen molar-refractivity contribution in [1.29, 1.82) is 0 Å². The molecule has 2 aromatic carbocycles. The molecule has 0 saturated carbocycles. The SMILES string of the molecule is O=C(OCc1cccc(Br)c1)c1cc2c(cc1[N+](=O)[O-])OCO2. The monoisotopic (exact) mass is 379 g/mol. The first-order valence-electron chi connectivity index (χ1n) is 6.54. The molecule has 0 N–H and O–H groups in total. The third-order valence-corrected chi connectivity index (χ3v) is 3.66. The van der Waals surface area contributed by atoms with E-state index in [1.165, 1.54) is 6.07 Å². The van der Waals surface area contributed by atoms with Gasteiger partial charge in [-0.3, -0.25) is 10.1 Å². The molecule has 0 spiro atoms. The quantitative estimate of drug-likeness (QED) is 0.459. The van der Waals surface area contributed by atoms with Crippen LogP contribution in [0.1, 0.15) is 15.9 Å². The highest BCUT2D eigenvalue weighted by atomic mass is 79.9. The van der Waals surface area contributed by atoms with E-state index in [4.69, 9.17) is 14.2 Å². The van der Waals surface area contributed by atoms with Gasteiger partial charge in [0.05, 0.1) is 11.0 Å². The van der Waals surface area contributed by atoms with Crippen LogP contribution >= 0.6 is 15.9 Å². The van der Waals surface area contributed by atoms with Gasteiger partial charge < -0.3 is 14.2 Å². The molecule has 0 aromatic heterocycles. The number of fused-ring (bicyclic) bond motifs is 1. The highest BCUT2D eigenvalue weighted by Gasteiger charge is 2.28. The van der Waals surface area contributed by atoms with E-state index in [-0.39, 0.29) is 36.1 Å². The Balaban J connectivity index is 1.83. The lowest BCUT2D eigenvalue weighted by Gasteiger charge is -2.07. The predicted molar refractivity (Wildman–Crippen MR) is 82.5 cm³/mol. The lowest BCUT2D eigenvalue weighted by atomic mass is 10.1. The second-order valence-corrected chi connectivity index (χ2v) is 5.60. The minimum Gasteiger partial charge on any atom is -0.457 e. The van der Waals surface area contributed by atoms with Gasteiger partial charge in [-0.15, -0.1) is 0 Å². The molecule has 2 aromatic rings. The number of halogens is 1. The van der Waals surface area contributed by atoms with E-state index in [0.717, 1.165) is 16.1 Å². The molecule has 3 rings (SSSR count). The number of rotatable bonds is 4. The standard InChI is InChI=1S/C15H10BrNO6/c16-10-3-1-2-9(4-10)7-21-15(18)11-5-13-14(23-8-22-13)6-12(11)17(19)20/h1-6H,7-8H2. The molecule has 8 heteroatoms. The zero-order valence-corrected chi connectivity index (χ0v) is 13.2. The van der Waals surface area contributed by atoms with Crippen molar-refractivity contribution in [3.63, 3.8) is 0 Å². The molecule has 1 heterocycles. The van der Waals surface area contributed by atoms with E-state index in [0.29, 0.717) is 0 Å². The Labute approximate surface area is 139 Å². The number of carbonyl (C=O) groups is 1. The van der Waals surface area contributed by atoms with Crippen LogP contribution in [0.5, 0.6) is 11.5 Å². The molecule has 0 fully saturated rings. The van der Waals surface area contributed by atoms with E-state index in [1.807, 2.05) is 6.07 Å². The molecule has 0 saturated heterocycles. The fourth-order valence-electron chi connectivity index (χ4n) is 2.10. The number of esters is 1. The summed E-state index contributed by atoms with van der Waals surface area (Å²) in [5.41, 5.74) is 0.207. The fraction of sp³-hybridized carbons (Fsp3) is 0.133. The Morgan fingerprint density at radius 3 is 2.70 bits per heavy atom. The maximum Gasteiger partial charge on any atom is 0.345 e.